The molecule has 0 amide bonds. The zero-order chi connectivity index (χ0) is 11.3. The van der Waals surface area contributed by atoms with Crippen molar-refractivity contribution in [1.82, 2.24) is 4.98 Å². The topological polar surface area (TPSA) is 24.9 Å². The van der Waals surface area contributed by atoms with Gasteiger partial charge in [0.1, 0.15) is 5.82 Å². The van der Waals surface area contributed by atoms with Gasteiger partial charge in [-0.2, -0.15) is 0 Å². The largest absolute Gasteiger partial charge is 0.367 e. The number of hydrogen-bond acceptors (Lipinski definition) is 2. The van der Waals surface area contributed by atoms with Crippen LogP contribution >= 0.6 is 11.6 Å². The predicted molar refractivity (Wildman–Crippen MR) is 66.4 cm³/mol. The molecule has 1 rings (SSSR count). The minimum Gasteiger partial charge on any atom is -0.367 e. The molecule has 84 valence electrons. The summed E-state index contributed by atoms with van der Waals surface area (Å²) in [6.45, 7) is 6.63. The molecule has 0 saturated carbocycles. The molecule has 1 unspecified atom stereocenters. The number of pyridine rings is 1. The second-order valence-electron chi connectivity index (χ2n) is 4.76. The average Bonchev–Trinajstić information content (AvgIpc) is 2.17. The van der Waals surface area contributed by atoms with Gasteiger partial charge in [-0.05, 0) is 24.0 Å². The molecular formula is C12H19ClN2. The quantitative estimate of drug-likeness (QED) is 0.795. The molecule has 15 heavy (non-hydrogen) atoms. The highest BCUT2D eigenvalue weighted by Crippen LogP contribution is 2.25. The van der Waals surface area contributed by atoms with Crippen LogP contribution in [-0.2, 0) is 0 Å². The summed E-state index contributed by atoms with van der Waals surface area (Å²) >= 11 is 5.81. The predicted octanol–water partition coefficient (Wildman–Crippen LogP) is 3.54. The van der Waals surface area contributed by atoms with Crippen LogP contribution in [0.3, 0.4) is 0 Å². The maximum atomic E-state index is 5.81. The van der Waals surface area contributed by atoms with Gasteiger partial charge in [0.25, 0.3) is 0 Å². The fourth-order valence-corrected chi connectivity index (χ4v) is 1.68. The van der Waals surface area contributed by atoms with Crippen LogP contribution in [0.25, 0.3) is 0 Å². The first-order chi connectivity index (χ1) is 7.04. The summed E-state index contributed by atoms with van der Waals surface area (Å²) in [4.78, 5) is 4.26. The van der Waals surface area contributed by atoms with Crippen LogP contribution in [0.5, 0.6) is 0 Å². The average molecular weight is 227 g/mol. The van der Waals surface area contributed by atoms with E-state index in [4.69, 9.17) is 11.6 Å². The Hall–Kier alpha value is -0.760. The molecule has 1 heterocycles. The van der Waals surface area contributed by atoms with E-state index in [1.807, 2.05) is 18.2 Å². The van der Waals surface area contributed by atoms with Gasteiger partial charge in [-0.1, -0.05) is 26.8 Å². The summed E-state index contributed by atoms with van der Waals surface area (Å²) in [5.74, 6) is 1.59. The van der Waals surface area contributed by atoms with E-state index >= 15 is 0 Å². The summed E-state index contributed by atoms with van der Waals surface area (Å²) in [6.07, 6.45) is 2.74. The minimum atomic E-state index is 0.187. The lowest BCUT2D eigenvalue weighted by Gasteiger charge is -2.31. The highest BCUT2D eigenvalue weighted by Gasteiger charge is 2.23. The number of hydrogen-bond donors (Lipinski definition) is 1. The lowest BCUT2D eigenvalue weighted by atomic mass is 9.85. The Morgan fingerprint density at radius 2 is 2.13 bits per heavy atom. The van der Waals surface area contributed by atoms with Crippen molar-refractivity contribution in [2.75, 3.05) is 11.2 Å². The van der Waals surface area contributed by atoms with Crippen molar-refractivity contribution in [3.63, 3.8) is 0 Å². The molecule has 0 radical (unpaired) electrons. The molecule has 0 aromatic carbocycles. The molecule has 2 nitrogen and oxygen atoms in total. The van der Waals surface area contributed by atoms with Gasteiger partial charge in [-0.25, -0.2) is 4.98 Å². The SMILES string of the molecule is CC(C)(C)C(CCCl)Nc1ccccn1. The monoisotopic (exact) mass is 226 g/mol. The van der Waals surface area contributed by atoms with Crippen molar-refractivity contribution in [2.24, 2.45) is 5.41 Å². The number of rotatable bonds is 4. The third-order valence-corrected chi connectivity index (χ3v) is 2.65. The Labute approximate surface area is 97.1 Å². The van der Waals surface area contributed by atoms with Gasteiger partial charge in [0.15, 0.2) is 0 Å². The lowest BCUT2D eigenvalue weighted by Crippen LogP contribution is -2.34. The van der Waals surface area contributed by atoms with Gasteiger partial charge in [-0.15, -0.1) is 11.6 Å². The van der Waals surface area contributed by atoms with E-state index in [9.17, 15) is 0 Å². The summed E-state index contributed by atoms with van der Waals surface area (Å²) in [5, 5.41) is 3.42. The highest BCUT2D eigenvalue weighted by atomic mass is 35.5. The van der Waals surface area contributed by atoms with E-state index in [1.54, 1.807) is 6.20 Å². The number of anilines is 1. The number of halogens is 1. The molecule has 0 aliphatic rings. The molecule has 1 atom stereocenters. The van der Waals surface area contributed by atoms with E-state index in [1.165, 1.54) is 0 Å². The van der Waals surface area contributed by atoms with Crippen LogP contribution in [0.2, 0.25) is 0 Å². The van der Waals surface area contributed by atoms with Crippen molar-refractivity contribution in [1.29, 1.82) is 0 Å². The molecule has 0 bridgehead atoms. The van der Waals surface area contributed by atoms with Crippen LogP contribution in [0, 0.1) is 5.41 Å². The smallest absolute Gasteiger partial charge is 0.126 e. The summed E-state index contributed by atoms with van der Waals surface area (Å²) in [5.41, 5.74) is 0.187. The first-order valence-electron chi connectivity index (χ1n) is 5.27. The van der Waals surface area contributed by atoms with Crippen LogP contribution in [0.4, 0.5) is 5.82 Å². The number of nitrogens with zero attached hydrogens (tertiary/aromatic N) is 1. The molecule has 0 saturated heterocycles. The fraction of sp³-hybridized carbons (Fsp3) is 0.583. The van der Waals surface area contributed by atoms with E-state index in [0.717, 1.165) is 12.2 Å². The van der Waals surface area contributed by atoms with E-state index < -0.39 is 0 Å². The van der Waals surface area contributed by atoms with Crippen molar-refractivity contribution < 1.29 is 0 Å². The zero-order valence-corrected chi connectivity index (χ0v) is 10.4. The molecule has 1 aromatic rings. The van der Waals surface area contributed by atoms with Gasteiger partial charge in [0.2, 0.25) is 0 Å². The van der Waals surface area contributed by atoms with Gasteiger partial charge >= 0.3 is 0 Å². The maximum absolute atomic E-state index is 5.81. The summed E-state index contributed by atoms with van der Waals surface area (Å²) in [6, 6.07) is 6.23. The third kappa shape index (κ3) is 4.08. The number of nitrogens with one attached hydrogen (secondary N) is 1. The second-order valence-corrected chi connectivity index (χ2v) is 5.13. The maximum Gasteiger partial charge on any atom is 0.126 e. The standard InChI is InChI=1S/C12H19ClN2/c1-12(2,3)10(7-8-13)15-11-6-4-5-9-14-11/h4-6,9-10H,7-8H2,1-3H3,(H,14,15). The molecule has 0 fully saturated rings. The number of alkyl halides is 1. The Morgan fingerprint density at radius 3 is 2.60 bits per heavy atom. The van der Waals surface area contributed by atoms with Gasteiger partial charge in [0, 0.05) is 18.1 Å². The molecule has 0 spiro atoms. The molecule has 3 heteroatoms. The minimum absolute atomic E-state index is 0.187. The Bertz CT molecular complexity index is 279. The van der Waals surface area contributed by atoms with Crippen LogP contribution in [0.15, 0.2) is 24.4 Å². The summed E-state index contributed by atoms with van der Waals surface area (Å²) in [7, 11) is 0. The van der Waals surface area contributed by atoms with Crippen molar-refractivity contribution in [2.45, 2.75) is 33.2 Å². The third-order valence-electron chi connectivity index (χ3n) is 2.43. The first-order valence-corrected chi connectivity index (χ1v) is 5.81. The van der Waals surface area contributed by atoms with E-state index in [-0.39, 0.29) is 5.41 Å². The van der Waals surface area contributed by atoms with Gasteiger partial charge < -0.3 is 5.32 Å². The Balaban J connectivity index is 2.67. The Kier molecular flexibility index (Phi) is 4.40. The van der Waals surface area contributed by atoms with Crippen molar-refractivity contribution in [3.05, 3.63) is 24.4 Å². The van der Waals surface area contributed by atoms with Crippen molar-refractivity contribution in [3.8, 4) is 0 Å². The first kappa shape index (κ1) is 12.3. The summed E-state index contributed by atoms with van der Waals surface area (Å²) < 4.78 is 0. The lowest BCUT2D eigenvalue weighted by molar-refractivity contribution is 0.334. The molecule has 1 aromatic heterocycles. The fourth-order valence-electron chi connectivity index (χ4n) is 1.46. The van der Waals surface area contributed by atoms with Gasteiger partial charge in [0.05, 0.1) is 0 Å². The second kappa shape index (κ2) is 5.36. The van der Waals surface area contributed by atoms with Crippen molar-refractivity contribution >= 4 is 17.4 Å². The highest BCUT2D eigenvalue weighted by molar-refractivity contribution is 6.17. The van der Waals surface area contributed by atoms with Gasteiger partial charge in [-0.3, -0.25) is 0 Å². The van der Waals surface area contributed by atoms with Crippen LogP contribution in [0.1, 0.15) is 27.2 Å². The van der Waals surface area contributed by atoms with Crippen LogP contribution < -0.4 is 5.32 Å². The Morgan fingerprint density at radius 1 is 1.40 bits per heavy atom. The number of aromatic nitrogens is 1. The normalized spacial score (nSPS) is 13.6. The van der Waals surface area contributed by atoms with Crippen LogP contribution in [-0.4, -0.2) is 16.9 Å². The molecule has 0 aliphatic carbocycles. The molecule has 0 aliphatic heterocycles. The molecule has 1 N–H and O–H groups in total. The van der Waals surface area contributed by atoms with E-state index in [2.05, 4.69) is 31.1 Å². The molecular weight excluding hydrogens is 208 g/mol. The van der Waals surface area contributed by atoms with E-state index in [0.29, 0.717) is 11.9 Å². The zero-order valence-electron chi connectivity index (χ0n) is 9.63.